The van der Waals surface area contributed by atoms with E-state index in [2.05, 4.69) is 5.32 Å². The van der Waals surface area contributed by atoms with Gasteiger partial charge in [0.1, 0.15) is 19.3 Å². The Morgan fingerprint density at radius 1 is 0.844 bits per heavy atom. The lowest BCUT2D eigenvalue weighted by molar-refractivity contribution is -0.161. The summed E-state index contributed by atoms with van der Waals surface area (Å²) in [4.78, 5) is 62.2. The van der Waals surface area contributed by atoms with Crippen LogP contribution < -0.4 is 5.32 Å². The first-order chi connectivity index (χ1) is 21.6. The zero-order chi connectivity index (χ0) is 32.8. The van der Waals surface area contributed by atoms with Crippen molar-refractivity contribution in [3.8, 4) is 0 Å². The SMILES string of the molecule is CCOC(=O)[C@@H]1CSC(CC(CC(C(=O)O)C(=O)OCc2ccccc2)SC(C)CC(C(=O)O)C(=O)OCc2ccccc2)N1. The number of aliphatic carboxylic acids is 2. The molecule has 1 aliphatic rings. The average Bonchev–Trinajstić information content (AvgIpc) is 3.49. The van der Waals surface area contributed by atoms with Gasteiger partial charge >= 0.3 is 29.8 Å². The lowest BCUT2D eigenvalue weighted by Crippen LogP contribution is -2.39. The summed E-state index contributed by atoms with van der Waals surface area (Å²) in [5, 5.41) is 21.9. The van der Waals surface area contributed by atoms with Gasteiger partial charge in [-0.15, -0.1) is 11.8 Å². The first-order valence-corrected chi connectivity index (χ1v) is 16.6. The fourth-order valence-electron chi connectivity index (χ4n) is 4.73. The van der Waals surface area contributed by atoms with Crippen LogP contribution >= 0.6 is 23.5 Å². The highest BCUT2D eigenvalue weighted by molar-refractivity contribution is 8.01. The van der Waals surface area contributed by atoms with Crippen molar-refractivity contribution in [2.75, 3.05) is 12.4 Å². The number of carboxylic acids is 2. The van der Waals surface area contributed by atoms with E-state index in [0.717, 1.165) is 5.56 Å². The fraction of sp³-hybridized carbons (Fsp3) is 0.469. The molecule has 244 valence electrons. The van der Waals surface area contributed by atoms with Crippen molar-refractivity contribution in [1.29, 1.82) is 0 Å². The van der Waals surface area contributed by atoms with Crippen LogP contribution in [0.1, 0.15) is 44.2 Å². The molecule has 5 unspecified atom stereocenters. The number of carboxylic acid groups (broad SMARTS) is 2. The van der Waals surface area contributed by atoms with Gasteiger partial charge in [0, 0.05) is 16.3 Å². The Kier molecular flexibility index (Phi) is 14.7. The van der Waals surface area contributed by atoms with Gasteiger partial charge in [0.15, 0.2) is 11.8 Å². The maximum Gasteiger partial charge on any atom is 0.324 e. The highest BCUT2D eigenvalue weighted by atomic mass is 32.2. The van der Waals surface area contributed by atoms with Crippen molar-refractivity contribution >= 4 is 53.4 Å². The predicted molar refractivity (Wildman–Crippen MR) is 169 cm³/mol. The number of thioether (sulfide) groups is 2. The molecule has 0 spiro atoms. The van der Waals surface area contributed by atoms with Crippen molar-refractivity contribution in [1.82, 2.24) is 5.32 Å². The van der Waals surface area contributed by atoms with Crippen LogP contribution in [0, 0.1) is 11.8 Å². The van der Waals surface area contributed by atoms with Gasteiger partial charge in [-0.25, -0.2) is 0 Å². The number of benzene rings is 2. The molecule has 45 heavy (non-hydrogen) atoms. The molecular weight excluding hydrogens is 622 g/mol. The van der Waals surface area contributed by atoms with Crippen molar-refractivity contribution in [2.45, 2.75) is 68.2 Å². The minimum Gasteiger partial charge on any atom is -0.481 e. The fourth-order valence-corrected chi connectivity index (χ4v) is 7.70. The Morgan fingerprint density at radius 2 is 1.36 bits per heavy atom. The van der Waals surface area contributed by atoms with Gasteiger partial charge < -0.3 is 24.4 Å². The third-order valence-corrected chi connectivity index (χ3v) is 9.69. The zero-order valence-corrected chi connectivity index (χ0v) is 26.8. The topological polar surface area (TPSA) is 166 Å². The van der Waals surface area contributed by atoms with E-state index >= 15 is 0 Å². The summed E-state index contributed by atoms with van der Waals surface area (Å²) in [6.45, 7) is 3.57. The summed E-state index contributed by atoms with van der Waals surface area (Å²) >= 11 is 2.78. The zero-order valence-electron chi connectivity index (χ0n) is 25.2. The van der Waals surface area contributed by atoms with Crippen LogP contribution in [0.2, 0.25) is 0 Å². The summed E-state index contributed by atoms with van der Waals surface area (Å²) < 4.78 is 15.7. The van der Waals surface area contributed by atoms with Crippen LogP contribution in [0.25, 0.3) is 0 Å². The standard InChI is InChI=1S/C32H39NO10S2/c1-3-41-32(40)26-19-44-27(33-26)16-23(15-25(29(36)37)31(39)43-18-22-12-8-5-9-13-22)45-20(2)14-24(28(34)35)30(38)42-17-21-10-6-4-7-11-21/h4-13,20,23-27,33H,3,14-19H2,1-2H3,(H,34,35)(H,36,37)/t20?,23?,24?,25?,26-,27?/m0/s1. The van der Waals surface area contributed by atoms with E-state index in [4.69, 9.17) is 14.2 Å². The highest BCUT2D eigenvalue weighted by Gasteiger charge is 2.37. The first-order valence-electron chi connectivity index (χ1n) is 14.6. The molecule has 1 heterocycles. The highest BCUT2D eigenvalue weighted by Crippen LogP contribution is 2.35. The molecule has 3 N–H and O–H groups in total. The molecule has 0 bridgehead atoms. The normalized spacial score (nSPS) is 18.6. The van der Waals surface area contributed by atoms with Gasteiger partial charge in [-0.2, -0.15) is 11.8 Å². The maximum absolute atomic E-state index is 12.9. The quantitative estimate of drug-likeness (QED) is 0.119. The monoisotopic (exact) mass is 661 g/mol. The Balaban J connectivity index is 1.69. The largest absolute Gasteiger partial charge is 0.481 e. The Hall–Kier alpha value is -3.55. The lowest BCUT2D eigenvalue weighted by Gasteiger charge is -2.26. The minimum atomic E-state index is -1.48. The summed E-state index contributed by atoms with van der Waals surface area (Å²) in [5.41, 5.74) is 1.43. The Labute approximate surface area is 270 Å². The molecule has 0 aliphatic carbocycles. The number of carbonyl (C=O) groups is 5. The van der Waals surface area contributed by atoms with Crippen molar-refractivity contribution in [2.24, 2.45) is 11.8 Å². The summed E-state index contributed by atoms with van der Waals surface area (Å²) in [6.07, 6.45) is 0.190. The Morgan fingerprint density at radius 3 is 1.84 bits per heavy atom. The van der Waals surface area contributed by atoms with E-state index in [1.165, 1.54) is 23.5 Å². The molecule has 2 aromatic rings. The van der Waals surface area contributed by atoms with Gasteiger partial charge in [0.05, 0.1) is 12.0 Å². The van der Waals surface area contributed by atoms with E-state index in [-0.39, 0.29) is 44.0 Å². The lowest BCUT2D eigenvalue weighted by atomic mass is 10.0. The smallest absolute Gasteiger partial charge is 0.324 e. The third kappa shape index (κ3) is 12.0. The third-order valence-electron chi connectivity index (χ3n) is 7.00. The van der Waals surface area contributed by atoms with Crippen molar-refractivity contribution < 1.29 is 48.4 Å². The molecule has 1 fully saturated rings. The second-order valence-electron chi connectivity index (χ2n) is 10.5. The van der Waals surface area contributed by atoms with Gasteiger partial charge in [-0.05, 0) is 37.3 Å². The molecule has 0 amide bonds. The second-order valence-corrected chi connectivity index (χ2v) is 13.5. The van der Waals surface area contributed by atoms with E-state index in [1.807, 2.05) is 12.1 Å². The number of carbonyl (C=O) groups excluding carboxylic acids is 3. The van der Waals surface area contributed by atoms with Gasteiger partial charge in [-0.1, -0.05) is 67.6 Å². The number of nitrogens with one attached hydrogen (secondary N) is 1. The maximum atomic E-state index is 12.9. The second kappa shape index (κ2) is 18.4. The molecule has 3 rings (SSSR count). The summed E-state index contributed by atoms with van der Waals surface area (Å²) in [5.74, 6) is -7.23. The summed E-state index contributed by atoms with van der Waals surface area (Å²) in [7, 11) is 0. The Bertz CT molecular complexity index is 1280. The molecule has 1 saturated heterocycles. The number of esters is 3. The molecule has 6 atom stereocenters. The molecule has 13 heteroatoms. The molecule has 11 nitrogen and oxygen atoms in total. The number of hydrogen-bond donors (Lipinski definition) is 3. The van der Waals surface area contributed by atoms with Crippen LogP contribution in [-0.4, -0.2) is 74.3 Å². The van der Waals surface area contributed by atoms with Crippen LogP contribution in [0.5, 0.6) is 0 Å². The van der Waals surface area contributed by atoms with Crippen LogP contribution in [0.3, 0.4) is 0 Å². The molecule has 0 aromatic heterocycles. The predicted octanol–water partition coefficient (Wildman–Crippen LogP) is 4.13. The van der Waals surface area contributed by atoms with E-state index in [0.29, 0.717) is 17.7 Å². The molecule has 0 saturated carbocycles. The van der Waals surface area contributed by atoms with E-state index in [9.17, 15) is 34.2 Å². The van der Waals surface area contributed by atoms with E-state index < -0.39 is 52.3 Å². The van der Waals surface area contributed by atoms with Gasteiger partial charge in [0.2, 0.25) is 0 Å². The molecular formula is C32H39NO10S2. The molecule has 2 aromatic carbocycles. The number of ether oxygens (including phenoxy) is 3. The van der Waals surface area contributed by atoms with Crippen LogP contribution in [-0.2, 0) is 51.4 Å². The van der Waals surface area contributed by atoms with Crippen molar-refractivity contribution in [3.63, 3.8) is 0 Å². The number of hydrogen-bond acceptors (Lipinski definition) is 11. The van der Waals surface area contributed by atoms with Crippen LogP contribution in [0.15, 0.2) is 60.7 Å². The molecule has 1 aliphatic heterocycles. The average molecular weight is 662 g/mol. The first kappa shape index (κ1) is 35.9. The van der Waals surface area contributed by atoms with Gasteiger partial charge in [-0.3, -0.25) is 29.3 Å². The van der Waals surface area contributed by atoms with E-state index in [1.54, 1.807) is 62.4 Å². The molecule has 0 radical (unpaired) electrons. The minimum absolute atomic E-state index is 0.0643. The van der Waals surface area contributed by atoms with Gasteiger partial charge in [0.25, 0.3) is 0 Å². The van der Waals surface area contributed by atoms with Crippen LogP contribution in [0.4, 0.5) is 0 Å². The number of rotatable bonds is 18. The van der Waals surface area contributed by atoms with Crippen molar-refractivity contribution in [3.05, 3.63) is 71.8 Å². The summed E-state index contributed by atoms with van der Waals surface area (Å²) in [6, 6.07) is 17.3.